The van der Waals surface area contributed by atoms with Crippen LogP contribution < -0.4 is 0 Å². The highest BCUT2D eigenvalue weighted by molar-refractivity contribution is 9.09. The third-order valence-corrected chi connectivity index (χ3v) is 4.27. The van der Waals surface area contributed by atoms with Gasteiger partial charge in [0.05, 0.1) is 0 Å². The number of rotatable bonds is 5. The summed E-state index contributed by atoms with van der Waals surface area (Å²) in [5, 5.41) is 5.54. The number of thiophene rings is 1. The molecule has 1 aromatic heterocycles. The van der Waals surface area contributed by atoms with E-state index in [1.807, 2.05) is 0 Å². The summed E-state index contributed by atoms with van der Waals surface area (Å²) in [6, 6.07) is 3.09. The molecule has 0 N–H and O–H groups in total. The predicted molar refractivity (Wildman–Crippen MR) is 70.8 cm³/mol. The fourth-order valence-electron chi connectivity index (χ4n) is 2.39. The van der Waals surface area contributed by atoms with Crippen LogP contribution in [0.25, 0.3) is 0 Å². The maximum absolute atomic E-state index is 3.56. The zero-order valence-corrected chi connectivity index (χ0v) is 11.4. The minimum atomic E-state index is 0.836. The van der Waals surface area contributed by atoms with Gasteiger partial charge in [-0.1, -0.05) is 28.8 Å². The molecule has 0 bridgehead atoms. The number of hydrogen-bond acceptors (Lipinski definition) is 2. The van der Waals surface area contributed by atoms with Crippen molar-refractivity contribution >= 4 is 27.3 Å². The normalized spacial score (nSPS) is 17.7. The van der Waals surface area contributed by atoms with Crippen molar-refractivity contribution < 1.29 is 0 Å². The summed E-state index contributed by atoms with van der Waals surface area (Å²) in [6.07, 6.45) is 5.65. The summed E-state index contributed by atoms with van der Waals surface area (Å²) in [7, 11) is 0. The molecule has 1 heterocycles. The Morgan fingerprint density at radius 3 is 2.80 bits per heavy atom. The first-order chi connectivity index (χ1) is 7.40. The molecule has 1 fully saturated rings. The fourth-order valence-corrected chi connectivity index (χ4v) is 3.50. The predicted octanol–water partition coefficient (Wildman–Crippen LogP) is 3.89. The molecule has 0 atom stereocenters. The van der Waals surface area contributed by atoms with E-state index in [9.17, 15) is 0 Å². The van der Waals surface area contributed by atoms with E-state index >= 15 is 0 Å². The highest BCUT2D eigenvalue weighted by Gasteiger charge is 2.21. The zero-order valence-electron chi connectivity index (χ0n) is 8.99. The fraction of sp³-hybridized carbons (Fsp3) is 0.667. The number of alkyl halides is 1. The molecule has 1 aliphatic rings. The van der Waals surface area contributed by atoms with Crippen LogP contribution in [0.2, 0.25) is 0 Å². The summed E-state index contributed by atoms with van der Waals surface area (Å²) in [4.78, 5) is 2.64. The van der Waals surface area contributed by atoms with Crippen LogP contribution in [0.1, 0.15) is 31.2 Å². The summed E-state index contributed by atoms with van der Waals surface area (Å²) < 4.78 is 0. The molecule has 0 spiro atoms. The Bertz CT molecular complexity index is 267. The largest absolute Gasteiger partial charge is 0.295 e. The van der Waals surface area contributed by atoms with Crippen LogP contribution in [0.5, 0.6) is 0 Å². The second-order valence-corrected chi connectivity index (χ2v) is 5.80. The molecule has 1 aromatic rings. The second kappa shape index (κ2) is 6.02. The quantitative estimate of drug-likeness (QED) is 0.743. The molecule has 3 heteroatoms. The molecule has 84 valence electrons. The summed E-state index contributed by atoms with van der Waals surface area (Å²) in [5.74, 6) is 0. The van der Waals surface area contributed by atoms with Crippen molar-refractivity contribution in [1.82, 2.24) is 4.90 Å². The molecule has 0 aromatic carbocycles. The number of halogens is 1. The lowest BCUT2D eigenvalue weighted by molar-refractivity contribution is 0.203. The molecule has 0 radical (unpaired) electrons. The van der Waals surface area contributed by atoms with Crippen LogP contribution in [0.15, 0.2) is 16.8 Å². The van der Waals surface area contributed by atoms with E-state index in [-0.39, 0.29) is 0 Å². The summed E-state index contributed by atoms with van der Waals surface area (Å²) in [5.41, 5.74) is 1.48. The monoisotopic (exact) mass is 287 g/mol. The smallest absolute Gasteiger partial charge is 0.0245 e. The Labute approximate surface area is 105 Å². The van der Waals surface area contributed by atoms with Gasteiger partial charge in [0.2, 0.25) is 0 Å². The van der Waals surface area contributed by atoms with Crippen molar-refractivity contribution in [1.29, 1.82) is 0 Å². The van der Waals surface area contributed by atoms with E-state index in [2.05, 4.69) is 37.7 Å². The molecule has 1 saturated carbocycles. The van der Waals surface area contributed by atoms with Gasteiger partial charge in [0.1, 0.15) is 0 Å². The van der Waals surface area contributed by atoms with Crippen LogP contribution in [-0.4, -0.2) is 22.8 Å². The van der Waals surface area contributed by atoms with Crippen molar-refractivity contribution in [2.24, 2.45) is 0 Å². The Morgan fingerprint density at radius 2 is 2.20 bits per heavy atom. The molecule has 1 nitrogen and oxygen atoms in total. The number of nitrogens with zero attached hydrogens (tertiary/aromatic N) is 1. The molecule has 15 heavy (non-hydrogen) atoms. The lowest BCUT2D eigenvalue weighted by atomic mass is 10.2. The second-order valence-electron chi connectivity index (χ2n) is 4.23. The SMILES string of the molecule is BrCCN(Cc1ccsc1)C1CCCC1. The average molecular weight is 288 g/mol. The molecule has 0 aliphatic heterocycles. The Balaban J connectivity index is 1.93. The van der Waals surface area contributed by atoms with E-state index in [1.165, 1.54) is 37.8 Å². The van der Waals surface area contributed by atoms with Crippen molar-refractivity contribution in [3.8, 4) is 0 Å². The van der Waals surface area contributed by atoms with Gasteiger partial charge < -0.3 is 0 Å². The molecule has 1 aliphatic carbocycles. The maximum Gasteiger partial charge on any atom is 0.0245 e. The van der Waals surface area contributed by atoms with Gasteiger partial charge >= 0.3 is 0 Å². The highest BCUT2D eigenvalue weighted by Crippen LogP contribution is 2.25. The number of hydrogen-bond donors (Lipinski definition) is 0. The van der Waals surface area contributed by atoms with E-state index in [0.717, 1.165) is 17.9 Å². The lowest BCUT2D eigenvalue weighted by Gasteiger charge is -2.27. The van der Waals surface area contributed by atoms with Crippen LogP contribution in [0, 0.1) is 0 Å². The highest BCUT2D eigenvalue weighted by atomic mass is 79.9. The van der Waals surface area contributed by atoms with Gasteiger partial charge in [-0.2, -0.15) is 11.3 Å². The van der Waals surface area contributed by atoms with Crippen molar-refractivity contribution in [3.05, 3.63) is 22.4 Å². The van der Waals surface area contributed by atoms with Crippen LogP contribution in [0.4, 0.5) is 0 Å². The molecular formula is C12H18BrNS. The van der Waals surface area contributed by atoms with E-state index in [4.69, 9.17) is 0 Å². The van der Waals surface area contributed by atoms with Crippen molar-refractivity contribution in [2.75, 3.05) is 11.9 Å². The molecule has 0 unspecified atom stereocenters. The third-order valence-electron chi connectivity index (χ3n) is 3.18. The first kappa shape index (κ1) is 11.6. The molecule has 0 saturated heterocycles. The Kier molecular flexibility index (Phi) is 4.66. The van der Waals surface area contributed by atoms with Crippen LogP contribution >= 0.6 is 27.3 Å². The van der Waals surface area contributed by atoms with E-state index in [1.54, 1.807) is 11.3 Å². The standard InChI is InChI=1S/C12H18BrNS/c13-6-7-14(12-3-1-2-4-12)9-11-5-8-15-10-11/h5,8,10,12H,1-4,6-7,9H2. The Hall–Kier alpha value is 0.140. The maximum atomic E-state index is 3.56. The van der Waals surface area contributed by atoms with Gasteiger partial charge in [-0.3, -0.25) is 4.90 Å². The average Bonchev–Trinajstić information content (AvgIpc) is 2.89. The topological polar surface area (TPSA) is 3.24 Å². The molecule has 2 rings (SSSR count). The first-order valence-corrected chi connectivity index (χ1v) is 7.77. The van der Waals surface area contributed by atoms with Crippen molar-refractivity contribution in [3.63, 3.8) is 0 Å². The van der Waals surface area contributed by atoms with Crippen LogP contribution in [0.3, 0.4) is 0 Å². The van der Waals surface area contributed by atoms with Gasteiger partial charge in [-0.15, -0.1) is 0 Å². The Morgan fingerprint density at radius 1 is 1.40 bits per heavy atom. The molecular weight excluding hydrogens is 270 g/mol. The van der Waals surface area contributed by atoms with Gasteiger partial charge in [0, 0.05) is 24.5 Å². The first-order valence-electron chi connectivity index (χ1n) is 5.71. The van der Waals surface area contributed by atoms with E-state index in [0.29, 0.717) is 0 Å². The van der Waals surface area contributed by atoms with Gasteiger partial charge in [0.15, 0.2) is 0 Å². The van der Waals surface area contributed by atoms with Gasteiger partial charge in [0.25, 0.3) is 0 Å². The van der Waals surface area contributed by atoms with Crippen molar-refractivity contribution in [2.45, 2.75) is 38.3 Å². The summed E-state index contributed by atoms with van der Waals surface area (Å²) in [6.45, 7) is 2.32. The van der Waals surface area contributed by atoms with Gasteiger partial charge in [-0.25, -0.2) is 0 Å². The summed E-state index contributed by atoms with van der Waals surface area (Å²) >= 11 is 5.37. The third kappa shape index (κ3) is 3.30. The van der Waals surface area contributed by atoms with E-state index < -0.39 is 0 Å². The van der Waals surface area contributed by atoms with Gasteiger partial charge in [-0.05, 0) is 35.2 Å². The lowest BCUT2D eigenvalue weighted by Crippen LogP contribution is -2.34. The van der Waals surface area contributed by atoms with Crippen LogP contribution in [-0.2, 0) is 6.54 Å². The minimum Gasteiger partial charge on any atom is -0.295 e. The zero-order chi connectivity index (χ0) is 10.5. The minimum absolute atomic E-state index is 0.836. The molecule has 0 amide bonds.